The van der Waals surface area contributed by atoms with Crippen molar-refractivity contribution in [3.05, 3.63) is 18.2 Å². The Morgan fingerprint density at radius 1 is 1.03 bits per heavy atom. The Labute approximate surface area is 175 Å². The van der Waals surface area contributed by atoms with Crippen molar-refractivity contribution in [3.63, 3.8) is 0 Å². The minimum Gasteiger partial charge on any atom is -0.490 e. The van der Waals surface area contributed by atoms with E-state index < -0.39 is 10.0 Å². The van der Waals surface area contributed by atoms with E-state index in [-0.39, 0.29) is 42.9 Å². The standard InChI is InChI=1S/C19H26N4O6S/c24-18-13-21(5-4-20-18)14-19(25)22-6-8-23(9-7-22)30(26,27)15-2-3-16-17(12-15)29-11-1-10-28-16/h2-3,12H,1,4-11,13-14H2,(H,20,24). The molecule has 4 rings (SSSR count). The molecule has 0 saturated carbocycles. The largest absolute Gasteiger partial charge is 0.490 e. The molecular formula is C19H26N4O6S. The molecule has 0 aliphatic carbocycles. The number of nitrogens with one attached hydrogen (secondary N) is 1. The minimum atomic E-state index is -3.69. The second-order valence-corrected chi connectivity index (χ2v) is 9.44. The van der Waals surface area contributed by atoms with Crippen molar-refractivity contribution in [2.45, 2.75) is 11.3 Å². The summed E-state index contributed by atoms with van der Waals surface area (Å²) in [5, 5.41) is 2.73. The van der Waals surface area contributed by atoms with Crippen molar-refractivity contribution in [1.82, 2.24) is 19.4 Å². The molecule has 1 aromatic carbocycles. The zero-order valence-electron chi connectivity index (χ0n) is 16.7. The second kappa shape index (κ2) is 8.78. The number of amides is 2. The van der Waals surface area contributed by atoms with E-state index in [1.165, 1.54) is 16.4 Å². The number of sulfonamides is 1. The van der Waals surface area contributed by atoms with Crippen LogP contribution in [0.5, 0.6) is 11.5 Å². The first-order chi connectivity index (χ1) is 14.4. The van der Waals surface area contributed by atoms with Crippen LogP contribution in [-0.4, -0.2) is 99.9 Å². The molecule has 2 fully saturated rings. The summed E-state index contributed by atoms with van der Waals surface area (Å²) in [6.07, 6.45) is 0.745. The molecule has 2 saturated heterocycles. The van der Waals surface area contributed by atoms with E-state index in [1.807, 2.05) is 4.90 Å². The van der Waals surface area contributed by atoms with Crippen molar-refractivity contribution >= 4 is 21.8 Å². The Bertz CT molecular complexity index is 914. The van der Waals surface area contributed by atoms with E-state index >= 15 is 0 Å². The van der Waals surface area contributed by atoms with Gasteiger partial charge in [-0.15, -0.1) is 0 Å². The summed E-state index contributed by atoms with van der Waals surface area (Å²) in [5.74, 6) is 0.818. The maximum Gasteiger partial charge on any atom is 0.243 e. The highest BCUT2D eigenvalue weighted by atomic mass is 32.2. The number of benzene rings is 1. The van der Waals surface area contributed by atoms with Gasteiger partial charge in [0, 0.05) is 51.8 Å². The normalized spacial score (nSPS) is 21.1. The molecule has 10 nitrogen and oxygen atoms in total. The molecule has 164 valence electrons. The highest BCUT2D eigenvalue weighted by Gasteiger charge is 2.31. The monoisotopic (exact) mass is 438 g/mol. The van der Waals surface area contributed by atoms with E-state index in [2.05, 4.69) is 5.32 Å². The number of piperazine rings is 2. The van der Waals surface area contributed by atoms with E-state index in [9.17, 15) is 18.0 Å². The van der Waals surface area contributed by atoms with Crippen LogP contribution in [0.15, 0.2) is 23.1 Å². The minimum absolute atomic E-state index is 0.0832. The third kappa shape index (κ3) is 4.52. The topological polar surface area (TPSA) is 108 Å². The fraction of sp³-hybridized carbons (Fsp3) is 0.579. The van der Waals surface area contributed by atoms with Crippen LogP contribution in [0.1, 0.15) is 6.42 Å². The zero-order chi connectivity index (χ0) is 21.1. The summed E-state index contributed by atoms with van der Waals surface area (Å²) in [7, 11) is -3.69. The Morgan fingerprint density at radius 3 is 2.50 bits per heavy atom. The van der Waals surface area contributed by atoms with Crippen LogP contribution in [0.3, 0.4) is 0 Å². The molecule has 3 aliphatic heterocycles. The van der Waals surface area contributed by atoms with Crippen LogP contribution in [0, 0.1) is 0 Å². The van der Waals surface area contributed by atoms with Crippen LogP contribution in [0.25, 0.3) is 0 Å². The summed E-state index contributed by atoms with van der Waals surface area (Å²) in [4.78, 5) is 27.6. The molecular weight excluding hydrogens is 412 g/mol. The van der Waals surface area contributed by atoms with E-state index in [1.54, 1.807) is 11.0 Å². The fourth-order valence-corrected chi connectivity index (χ4v) is 5.19. The molecule has 0 radical (unpaired) electrons. The Balaban J connectivity index is 1.36. The fourth-order valence-electron chi connectivity index (χ4n) is 3.75. The van der Waals surface area contributed by atoms with Gasteiger partial charge in [0.15, 0.2) is 11.5 Å². The third-order valence-corrected chi connectivity index (χ3v) is 7.32. The summed E-state index contributed by atoms with van der Waals surface area (Å²) < 4.78 is 38.7. The zero-order valence-corrected chi connectivity index (χ0v) is 17.5. The molecule has 3 aliphatic rings. The van der Waals surface area contributed by atoms with Crippen molar-refractivity contribution in [1.29, 1.82) is 0 Å². The first-order valence-corrected chi connectivity index (χ1v) is 11.5. The first-order valence-electron chi connectivity index (χ1n) is 10.1. The van der Waals surface area contributed by atoms with Gasteiger partial charge in [-0.3, -0.25) is 14.5 Å². The second-order valence-electron chi connectivity index (χ2n) is 7.50. The number of carbonyl (C=O) groups is 2. The van der Waals surface area contributed by atoms with Crippen molar-refractivity contribution in [2.75, 3.05) is 65.6 Å². The Hall–Kier alpha value is -2.37. The van der Waals surface area contributed by atoms with Crippen molar-refractivity contribution in [2.24, 2.45) is 0 Å². The average molecular weight is 439 g/mol. The molecule has 2 amide bonds. The highest BCUT2D eigenvalue weighted by molar-refractivity contribution is 7.89. The van der Waals surface area contributed by atoms with Gasteiger partial charge in [-0.05, 0) is 12.1 Å². The average Bonchev–Trinajstić information content (AvgIpc) is 2.98. The molecule has 0 aromatic heterocycles. The van der Waals surface area contributed by atoms with Crippen LogP contribution in [0.2, 0.25) is 0 Å². The summed E-state index contributed by atoms with van der Waals surface area (Å²) in [5.41, 5.74) is 0. The molecule has 11 heteroatoms. The van der Waals surface area contributed by atoms with Crippen LogP contribution in [-0.2, 0) is 19.6 Å². The molecule has 1 N–H and O–H groups in total. The van der Waals surface area contributed by atoms with Gasteiger partial charge in [0.1, 0.15) is 0 Å². The van der Waals surface area contributed by atoms with Crippen LogP contribution >= 0.6 is 0 Å². The van der Waals surface area contributed by atoms with Gasteiger partial charge in [-0.25, -0.2) is 8.42 Å². The van der Waals surface area contributed by atoms with Gasteiger partial charge < -0.3 is 19.7 Å². The quantitative estimate of drug-likeness (QED) is 0.650. The Morgan fingerprint density at radius 2 is 1.77 bits per heavy atom. The summed E-state index contributed by atoms with van der Waals surface area (Å²) in [6.45, 7) is 3.67. The lowest BCUT2D eigenvalue weighted by Gasteiger charge is -2.35. The number of rotatable bonds is 4. The predicted molar refractivity (Wildman–Crippen MR) is 107 cm³/mol. The lowest BCUT2D eigenvalue weighted by Crippen LogP contribution is -2.55. The third-order valence-electron chi connectivity index (χ3n) is 5.42. The van der Waals surface area contributed by atoms with Crippen molar-refractivity contribution in [3.8, 4) is 11.5 Å². The summed E-state index contributed by atoms with van der Waals surface area (Å²) >= 11 is 0. The molecule has 30 heavy (non-hydrogen) atoms. The maximum absolute atomic E-state index is 13.1. The van der Waals surface area contributed by atoms with E-state index in [0.717, 1.165) is 6.42 Å². The first kappa shape index (κ1) is 20.9. The van der Waals surface area contributed by atoms with Gasteiger partial charge in [-0.1, -0.05) is 0 Å². The number of ether oxygens (including phenoxy) is 2. The Kier molecular flexibility index (Phi) is 6.11. The van der Waals surface area contributed by atoms with Gasteiger partial charge >= 0.3 is 0 Å². The summed E-state index contributed by atoms with van der Waals surface area (Å²) in [6, 6.07) is 4.67. The van der Waals surface area contributed by atoms with Gasteiger partial charge in [0.2, 0.25) is 21.8 Å². The molecule has 0 atom stereocenters. The number of fused-ring (bicyclic) bond motifs is 1. The number of hydrogen-bond donors (Lipinski definition) is 1. The van der Waals surface area contributed by atoms with E-state index in [4.69, 9.17) is 9.47 Å². The predicted octanol–water partition coefficient (Wildman–Crippen LogP) is -0.887. The van der Waals surface area contributed by atoms with Gasteiger partial charge in [0.05, 0.1) is 31.2 Å². The number of carbonyl (C=O) groups excluding carboxylic acids is 2. The van der Waals surface area contributed by atoms with Gasteiger partial charge in [0.25, 0.3) is 0 Å². The van der Waals surface area contributed by atoms with E-state index in [0.29, 0.717) is 50.9 Å². The number of nitrogens with zero attached hydrogens (tertiary/aromatic N) is 3. The van der Waals surface area contributed by atoms with Crippen molar-refractivity contribution < 1.29 is 27.5 Å². The maximum atomic E-state index is 13.1. The highest BCUT2D eigenvalue weighted by Crippen LogP contribution is 2.33. The lowest BCUT2D eigenvalue weighted by atomic mass is 10.3. The molecule has 1 aromatic rings. The number of hydrogen-bond acceptors (Lipinski definition) is 7. The molecule has 0 spiro atoms. The lowest BCUT2D eigenvalue weighted by molar-refractivity contribution is -0.135. The smallest absolute Gasteiger partial charge is 0.243 e. The molecule has 3 heterocycles. The van der Waals surface area contributed by atoms with Crippen LogP contribution < -0.4 is 14.8 Å². The SMILES string of the molecule is O=C1CN(CC(=O)N2CCN(S(=O)(=O)c3ccc4c(c3)OCCCO4)CC2)CCN1. The molecule has 0 unspecified atom stereocenters. The van der Waals surface area contributed by atoms with Gasteiger partial charge in [-0.2, -0.15) is 4.31 Å². The van der Waals surface area contributed by atoms with Crippen LogP contribution in [0.4, 0.5) is 0 Å². The molecule has 0 bridgehead atoms.